The van der Waals surface area contributed by atoms with E-state index in [9.17, 15) is 9.36 Å². The first-order chi connectivity index (χ1) is 14.2. The summed E-state index contributed by atoms with van der Waals surface area (Å²) >= 11 is 0. The molecule has 0 aliphatic carbocycles. The monoisotopic (exact) mass is 457 g/mol. The van der Waals surface area contributed by atoms with E-state index in [4.69, 9.17) is 18.6 Å². The molecule has 2 atom stereocenters. The lowest BCUT2D eigenvalue weighted by atomic mass is 9.94. The third kappa shape index (κ3) is 7.40. The highest BCUT2D eigenvalue weighted by Crippen LogP contribution is 2.61. The first kappa shape index (κ1) is 27.8. The quantitative estimate of drug-likeness (QED) is 0.235. The molecular formula is C23H40NO6P. The van der Waals surface area contributed by atoms with Crippen molar-refractivity contribution in [3.8, 4) is 0 Å². The lowest BCUT2D eigenvalue weighted by molar-refractivity contribution is -0.264. The number of nitrogens with zero attached hydrogens (tertiary/aromatic N) is 1. The van der Waals surface area contributed by atoms with Gasteiger partial charge in [-0.2, -0.15) is 5.06 Å². The summed E-state index contributed by atoms with van der Waals surface area (Å²) in [5.41, 5.74) is 0.372. The highest BCUT2D eigenvalue weighted by Gasteiger charge is 2.51. The molecule has 0 saturated heterocycles. The van der Waals surface area contributed by atoms with Gasteiger partial charge in [0.2, 0.25) is 0 Å². The molecular weight excluding hydrogens is 417 g/mol. The smallest absolute Gasteiger partial charge is 0.350 e. The minimum absolute atomic E-state index is 0.270. The summed E-state index contributed by atoms with van der Waals surface area (Å²) in [4.78, 5) is 18.2. The molecule has 0 spiro atoms. The van der Waals surface area contributed by atoms with Crippen LogP contribution in [0.1, 0.15) is 84.3 Å². The molecule has 8 heteroatoms. The Hall–Kier alpha value is -1.24. The number of rotatable bonds is 10. The Morgan fingerprint density at radius 1 is 1.00 bits per heavy atom. The average molecular weight is 458 g/mol. The van der Waals surface area contributed by atoms with Crippen LogP contribution in [0.15, 0.2) is 24.3 Å². The van der Waals surface area contributed by atoms with E-state index in [2.05, 4.69) is 0 Å². The molecule has 31 heavy (non-hydrogen) atoms. The van der Waals surface area contributed by atoms with Crippen molar-refractivity contribution < 1.29 is 28.0 Å². The average Bonchev–Trinajstić information content (AvgIpc) is 2.65. The van der Waals surface area contributed by atoms with Crippen LogP contribution in [-0.2, 0) is 23.2 Å². The van der Waals surface area contributed by atoms with Crippen LogP contribution >= 0.6 is 7.60 Å². The van der Waals surface area contributed by atoms with E-state index in [0.29, 0.717) is 5.56 Å². The van der Waals surface area contributed by atoms with Crippen LogP contribution in [0.25, 0.3) is 0 Å². The van der Waals surface area contributed by atoms with E-state index in [1.807, 2.05) is 60.6 Å². The molecule has 7 nitrogen and oxygen atoms in total. The number of hydrogen-bond donors (Lipinski definition) is 0. The van der Waals surface area contributed by atoms with Crippen molar-refractivity contribution in [2.24, 2.45) is 5.41 Å². The van der Waals surface area contributed by atoms with E-state index < -0.39 is 30.3 Å². The fourth-order valence-corrected chi connectivity index (χ4v) is 6.00. The Balaban J connectivity index is 3.37. The van der Waals surface area contributed by atoms with Crippen molar-refractivity contribution in [1.82, 2.24) is 5.06 Å². The van der Waals surface area contributed by atoms with Gasteiger partial charge in [-0.25, -0.2) is 4.79 Å². The van der Waals surface area contributed by atoms with Crippen molar-refractivity contribution in [1.29, 1.82) is 0 Å². The molecule has 0 aromatic heterocycles. The maximum absolute atomic E-state index is 13.9. The van der Waals surface area contributed by atoms with Gasteiger partial charge in [0.1, 0.15) is 11.9 Å². The zero-order valence-corrected chi connectivity index (χ0v) is 21.6. The molecule has 0 heterocycles. The maximum Gasteiger partial charge on any atom is 0.350 e. The summed E-state index contributed by atoms with van der Waals surface area (Å²) in [6, 6.07) is 7.06. The summed E-state index contributed by atoms with van der Waals surface area (Å²) in [5, 5.41) is 1.76. The SMILES string of the molecule is CCOP(=O)(OCC)C(N(OC(C)c1ccc(C(=O)OC)cc1)C(C)(C)C)C(C)(C)C. The van der Waals surface area contributed by atoms with Gasteiger partial charge in [0.15, 0.2) is 0 Å². The molecule has 178 valence electrons. The number of carbonyl (C=O) groups excluding carboxylic acids is 1. The molecule has 1 rings (SSSR count). The normalized spacial score (nSPS) is 15.1. The minimum atomic E-state index is -3.54. The van der Waals surface area contributed by atoms with Crippen LogP contribution in [0, 0.1) is 5.41 Å². The third-order valence-corrected chi connectivity index (χ3v) is 7.47. The predicted molar refractivity (Wildman–Crippen MR) is 123 cm³/mol. The number of carbonyl (C=O) groups is 1. The third-order valence-electron chi connectivity index (χ3n) is 4.65. The van der Waals surface area contributed by atoms with Gasteiger partial charge in [0.25, 0.3) is 0 Å². The van der Waals surface area contributed by atoms with Gasteiger partial charge in [0, 0.05) is 5.54 Å². The number of hydroxylamine groups is 2. The van der Waals surface area contributed by atoms with Crippen LogP contribution in [0.4, 0.5) is 0 Å². The molecule has 0 saturated carbocycles. The number of ether oxygens (including phenoxy) is 1. The molecule has 1 aromatic rings. The standard InChI is InChI=1S/C23H40NO6P/c1-11-28-31(26,29-12-2)21(22(4,5)6)24(23(7,8)9)30-17(3)18-13-15-19(16-14-18)20(25)27-10/h13-17,21H,11-12H2,1-10H3. The minimum Gasteiger partial charge on any atom is -0.465 e. The van der Waals surface area contributed by atoms with Gasteiger partial charge in [-0.3, -0.25) is 9.40 Å². The Morgan fingerprint density at radius 3 is 1.84 bits per heavy atom. The van der Waals surface area contributed by atoms with Crippen molar-refractivity contribution in [3.63, 3.8) is 0 Å². The molecule has 0 radical (unpaired) electrons. The molecule has 2 unspecified atom stereocenters. The van der Waals surface area contributed by atoms with Crippen LogP contribution in [0.5, 0.6) is 0 Å². The lowest BCUT2D eigenvalue weighted by Crippen LogP contribution is -2.53. The summed E-state index contributed by atoms with van der Waals surface area (Å²) in [5.74, 6) is -1.03. The van der Waals surface area contributed by atoms with E-state index in [1.165, 1.54) is 7.11 Å². The molecule has 0 fully saturated rings. The van der Waals surface area contributed by atoms with E-state index >= 15 is 0 Å². The Kier molecular flexibility index (Phi) is 9.92. The zero-order valence-electron chi connectivity index (χ0n) is 20.7. The first-order valence-corrected chi connectivity index (χ1v) is 12.4. The second-order valence-electron chi connectivity index (χ2n) is 9.47. The number of esters is 1. The number of methoxy groups -OCH3 is 1. The molecule has 0 amide bonds. The fourth-order valence-electron chi connectivity index (χ4n) is 3.31. The number of hydrogen-bond acceptors (Lipinski definition) is 7. The molecule has 0 aliphatic rings. The van der Waals surface area contributed by atoms with Crippen molar-refractivity contribution in [2.75, 3.05) is 20.3 Å². The van der Waals surface area contributed by atoms with Crippen LogP contribution < -0.4 is 0 Å². The van der Waals surface area contributed by atoms with E-state index in [0.717, 1.165) is 5.56 Å². The summed E-state index contributed by atoms with van der Waals surface area (Å²) in [7, 11) is -2.18. The highest BCUT2D eigenvalue weighted by molar-refractivity contribution is 7.54. The van der Waals surface area contributed by atoms with Gasteiger partial charge in [-0.1, -0.05) is 32.9 Å². The fraction of sp³-hybridized carbons (Fsp3) is 0.696. The topological polar surface area (TPSA) is 74.3 Å². The Bertz CT molecular complexity index is 741. The van der Waals surface area contributed by atoms with E-state index in [-0.39, 0.29) is 19.3 Å². The zero-order chi connectivity index (χ0) is 24.0. The van der Waals surface area contributed by atoms with Crippen molar-refractivity contribution in [2.45, 2.75) is 79.7 Å². The lowest BCUT2D eigenvalue weighted by Gasteiger charge is -2.48. The van der Waals surface area contributed by atoms with Crippen LogP contribution in [0.3, 0.4) is 0 Å². The van der Waals surface area contributed by atoms with Gasteiger partial charge in [-0.15, -0.1) is 0 Å². The van der Waals surface area contributed by atoms with Crippen molar-refractivity contribution in [3.05, 3.63) is 35.4 Å². The number of benzene rings is 1. The van der Waals surface area contributed by atoms with Crippen LogP contribution in [-0.4, -0.2) is 42.7 Å². The highest BCUT2D eigenvalue weighted by atomic mass is 31.2. The van der Waals surface area contributed by atoms with Gasteiger partial charge < -0.3 is 13.8 Å². The van der Waals surface area contributed by atoms with Gasteiger partial charge in [-0.05, 0) is 64.7 Å². The van der Waals surface area contributed by atoms with Crippen molar-refractivity contribution >= 4 is 13.6 Å². The van der Waals surface area contributed by atoms with E-state index in [1.54, 1.807) is 31.0 Å². The molecule has 1 aromatic carbocycles. The second-order valence-corrected chi connectivity index (χ2v) is 11.6. The van der Waals surface area contributed by atoms with Crippen LogP contribution in [0.2, 0.25) is 0 Å². The van der Waals surface area contributed by atoms with Gasteiger partial charge in [0.05, 0.1) is 25.9 Å². The summed E-state index contributed by atoms with van der Waals surface area (Å²) in [6.45, 7) is 18.1. The summed E-state index contributed by atoms with van der Waals surface area (Å²) < 4.78 is 30.1. The maximum atomic E-state index is 13.9. The molecule has 0 bridgehead atoms. The first-order valence-electron chi connectivity index (χ1n) is 10.7. The molecule has 0 N–H and O–H groups in total. The molecule has 0 aliphatic heterocycles. The predicted octanol–water partition coefficient (Wildman–Crippen LogP) is 6.20. The Morgan fingerprint density at radius 2 is 1.48 bits per heavy atom. The second kappa shape index (κ2) is 11.1. The summed E-state index contributed by atoms with van der Waals surface area (Å²) in [6.07, 6.45) is -0.368. The largest absolute Gasteiger partial charge is 0.465 e. The van der Waals surface area contributed by atoms with Gasteiger partial charge >= 0.3 is 13.6 Å². The Labute approximate surface area is 187 Å².